The van der Waals surface area contributed by atoms with Gasteiger partial charge in [0, 0.05) is 13.1 Å². The summed E-state index contributed by atoms with van der Waals surface area (Å²) in [5.74, 6) is 0. The van der Waals surface area contributed by atoms with Gasteiger partial charge in [0.1, 0.15) is 11.3 Å². The molecule has 1 aromatic heterocycles. The van der Waals surface area contributed by atoms with Crippen molar-refractivity contribution in [1.82, 2.24) is 10.3 Å². The summed E-state index contributed by atoms with van der Waals surface area (Å²) in [5.41, 5.74) is 4.27. The van der Waals surface area contributed by atoms with Gasteiger partial charge in [0.2, 0.25) is 0 Å². The molecular weight excluding hydrogens is 313 g/mol. The van der Waals surface area contributed by atoms with Crippen LogP contribution >= 0.6 is 0 Å². The lowest BCUT2D eigenvalue weighted by atomic mass is 10.2. The summed E-state index contributed by atoms with van der Waals surface area (Å²) in [6, 6.07) is 0.858. The number of ether oxygens (including phenoxy) is 1. The Balaban J connectivity index is 2.40. The van der Waals surface area contributed by atoms with Gasteiger partial charge in [-0.15, -0.1) is 0 Å². The lowest BCUT2D eigenvalue weighted by Crippen LogP contribution is -2.33. The second-order valence-corrected chi connectivity index (χ2v) is 5.86. The molecule has 0 saturated carbocycles. The van der Waals surface area contributed by atoms with Crippen LogP contribution < -0.4 is 16.4 Å². The van der Waals surface area contributed by atoms with Crippen molar-refractivity contribution in [3.63, 3.8) is 0 Å². The maximum absolute atomic E-state index is 12.6. The average Bonchev–Trinajstić information content (AvgIpc) is 2.36. The van der Waals surface area contributed by atoms with E-state index in [2.05, 4.69) is 15.6 Å². The highest BCUT2D eigenvalue weighted by atomic mass is 19.4. The number of aromatic nitrogens is 1. The molecule has 1 aromatic rings. The third-order valence-electron chi connectivity index (χ3n) is 2.56. The fourth-order valence-corrected chi connectivity index (χ4v) is 1.59. The smallest absolute Gasteiger partial charge is 0.433 e. The molecule has 0 bridgehead atoms. The lowest BCUT2D eigenvalue weighted by molar-refractivity contribution is -0.141. The van der Waals surface area contributed by atoms with Crippen LogP contribution in [0.2, 0.25) is 0 Å². The predicted molar refractivity (Wildman–Crippen MR) is 81.0 cm³/mol. The molecule has 23 heavy (non-hydrogen) atoms. The first-order chi connectivity index (χ1) is 10.5. The van der Waals surface area contributed by atoms with Gasteiger partial charge in [0.15, 0.2) is 0 Å². The summed E-state index contributed by atoms with van der Waals surface area (Å²) in [5, 5.41) is 5.34. The van der Waals surface area contributed by atoms with E-state index in [1.807, 2.05) is 0 Å². The molecular formula is C14H21F3N4O2. The molecule has 0 atom stereocenters. The van der Waals surface area contributed by atoms with Crippen molar-refractivity contribution in [2.24, 2.45) is 0 Å². The first-order valence-corrected chi connectivity index (χ1v) is 7.02. The van der Waals surface area contributed by atoms with Gasteiger partial charge in [-0.2, -0.15) is 13.2 Å². The predicted octanol–water partition coefficient (Wildman–Crippen LogP) is 3.01. The van der Waals surface area contributed by atoms with Crippen LogP contribution in [0.4, 0.5) is 29.3 Å². The molecule has 0 radical (unpaired) electrons. The number of nitrogen functional groups attached to an aromatic ring is 1. The van der Waals surface area contributed by atoms with Gasteiger partial charge in [0.25, 0.3) is 0 Å². The van der Waals surface area contributed by atoms with Crippen molar-refractivity contribution in [3.05, 3.63) is 18.0 Å². The van der Waals surface area contributed by atoms with Crippen LogP contribution in [0.3, 0.4) is 0 Å². The Morgan fingerprint density at radius 1 is 1.30 bits per heavy atom. The molecule has 0 unspecified atom stereocenters. The Kier molecular flexibility index (Phi) is 6.05. The molecule has 0 fully saturated rings. The van der Waals surface area contributed by atoms with Gasteiger partial charge in [-0.3, -0.25) is 0 Å². The van der Waals surface area contributed by atoms with E-state index in [-0.39, 0.29) is 11.4 Å². The number of pyridine rings is 1. The number of rotatable bonds is 5. The molecule has 1 rings (SSSR count). The molecule has 0 aliphatic heterocycles. The number of nitrogens with zero attached hydrogens (tertiary/aromatic N) is 1. The molecule has 4 N–H and O–H groups in total. The zero-order chi connectivity index (χ0) is 17.7. The number of alkyl halides is 3. The molecule has 1 heterocycles. The highest BCUT2D eigenvalue weighted by molar-refractivity contribution is 5.67. The van der Waals surface area contributed by atoms with E-state index in [1.165, 1.54) is 0 Å². The molecule has 1 amide bonds. The fourth-order valence-electron chi connectivity index (χ4n) is 1.59. The Bertz CT molecular complexity index is 542. The van der Waals surface area contributed by atoms with Crippen molar-refractivity contribution >= 4 is 17.5 Å². The Labute approximate surface area is 132 Å². The summed E-state index contributed by atoms with van der Waals surface area (Å²) in [7, 11) is 0. The van der Waals surface area contributed by atoms with Crippen molar-refractivity contribution in [1.29, 1.82) is 0 Å². The molecule has 6 nitrogen and oxygen atoms in total. The highest BCUT2D eigenvalue weighted by Crippen LogP contribution is 2.30. The quantitative estimate of drug-likeness (QED) is 0.720. The number of carbonyl (C=O) groups is 1. The number of hydrogen-bond donors (Lipinski definition) is 3. The average molecular weight is 334 g/mol. The molecule has 0 aliphatic carbocycles. The minimum atomic E-state index is -4.53. The SMILES string of the molecule is CC(C)(C)OC(=O)NCCCNc1cc(C(F)(F)F)ncc1N. The van der Waals surface area contributed by atoms with E-state index < -0.39 is 23.6 Å². The first-order valence-electron chi connectivity index (χ1n) is 7.02. The van der Waals surface area contributed by atoms with Crippen LogP contribution in [0.15, 0.2) is 12.3 Å². The molecule has 0 saturated heterocycles. The number of carbonyl (C=O) groups excluding carboxylic acids is 1. The highest BCUT2D eigenvalue weighted by Gasteiger charge is 2.32. The van der Waals surface area contributed by atoms with Crippen molar-refractivity contribution in [3.8, 4) is 0 Å². The molecule has 130 valence electrons. The normalized spacial score (nSPS) is 11.9. The second kappa shape index (κ2) is 7.38. The van der Waals surface area contributed by atoms with E-state index in [0.717, 1.165) is 12.3 Å². The number of anilines is 2. The number of amides is 1. The van der Waals surface area contributed by atoms with Gasteiger partial charge in [-0.1, -0.05) is 0 Å². The van der Waals surface area contributed by atoms with Crippen molar-refractivity contribution in [2.45, 2.75) is 39.0 Å². The standard InChI is InChI=1S/C14H21F3N4O2/c1-13(2,3)23-12(22)20-6-4-5-19-10-7-11(14(15,16)17)21-8-9(10)18/h7-8H,4-6,18H2,1-3H3,(H,19,21)(H,20,22). The van der Waals surface area contributed by atoms with Gasteiger partial charge < -0.3 is 21.1 Å². The molecule has 0 aliphatic rings. The number of nitrogens with one attached hydrogen (secondary N) is 2. The van der Waals surface area contributed by atoms with Crippen molar-refractivity contribution < 1.29 is 22.7 Å². The van der Waals surface area contributed by atoms with Crippen LogP contribution in [0.25, 0.3) is 0 Å². The minimum absolute atomic E-state index is 0.123. The zero-order valence-corrected chi connectivity index (χ0v) is 13.3. The van der Waals surface area contributed by atoms with E-state index in [9.17, 15) is 18.0 Å². The summed E-state index contributed by atoms with van der Waals surface area (Å²) >= 11 is 0. The van der Waals surface area contributed by atoms with E-state index in [0.29, 0.717) is 19.5 Å². The van der Waals surface area contributed by atoms with Crippen LogP contribution in [-0.4, -0.2) is 29.8 Å². The van der Waals surface area contributed by atoms with Gasteiger partial charge in [-0.05, 0) is 33.3 Å². The third-order valence-corrected chi connectivity index (χ3v) is 2.56. The largest absolute Gasteiger partial charge is 0.444 e. The van der Waals surface area contributed by atoms with E-state index in [1.54, 1.807) is 20.8 Å². The van der Waals surface area contributed by atoms with E-state index >= 15 is 0 Å². The first kappa shape index (κ1) is 18.9. The number of alkyl carbamates (subject to hydrolysis) is 1. The fraction of sp³-hybridized carbons (Fsp3) is 0.571. The van der Waals surface area contributed by atoms with Gasteiger partial charge in [-0.25, -0.2) is 9.78 Å². The van der Waals surface area contributed by atoms with Crippen LogP contribution in [0.1, 0.15) is 32.9 Å². The van der Waals surface area contributed by atoms with Gasteiger partial charge in [0.05, 0.1) is 17.6 Å². The van der Waals surface area contributed by atoms with Crippen LogP contribution in [-0.2, 0) is 10.9 Å². The third kappa shape index (κ3) is 7.07. The minimum Gasteiger partial charge on any atom is -0.444 e. The van der Waals surface area contributed by atoms with Crippen LogP contribution in [0.5, 0.6) is 0 Å². The van der Waals surface area contributed by atoms with E-state index in [4.69, 9.17) is 10.5 Å². The number of hydrogen-bond acceptors (Lipinski definition) is 5. The number of nitrogens with two attached hydrogens (primary N) is 1. The van der Waals surface area contributed by atoms with Crippen molar-refractivity contribution in [2.75, 3.05) is 24.1 Å². The zero-order valence-electron chi connectivity index (χ0n) is 13.3. The Morgan fingerprint density at radius 3 is 2.52 bits per heavy atom. The summed E-state index contributed by atoms with van der Waals surface area (Å²) in [6.45, 7) is 5.90. The lowest BCUT2D eigenvalue weighted by Gasteiger charge is -2.19. The number of halogens is 3. The topological polar surface area (TPSA) is 89.3 Å². The molecule has 0 aromatic carbocycles. The monoisotopic (exact) mass is 334 g/mol. The maximum Gasteiger partial charge on any atom is 0.433 e. The van der Waals surface area contributed by atoms with Gasteiger partial charge >= 0.3 is 12.3 Å². The Hall–Kier alpha value is -2.19. The Morgan fingerprint density at radius 2 is 1.96 bits per heavy atom. The summed E-state index contributed by atoms with van der Waals surface area (Å²) in [6.07, 6.45) is -3.62. The maximum atomic E-state index is 12.6. The second-order valence-electron chi connectivity index (χ2n) is 5.86. The molecule has 0 spiro atoms. The summed E-state index contributed by atoms with van der Waals surface area (Å²) in [4.78, 5) is 14.6. The van der Waals surface area contributed by atoms with Crippen LogP contribution in [0, 0.1) is 0 Å². The summed E-state index contributed by atoms with van der Waals surface area (Å²) < 4.78 is 42.8. The molecule has 9 heteroatoms.